The molecule has 1 N–H and O–H groups in total. The lowest BCUT2D eigenvalue weighted by molar-refractivity contribution is 0.299. The number of hydrogen-bond acceptors (Lipinski definition) is 2. The maximum absolute atomic E-state index is 8.98. The van der Waals surface area contributed by atoms with Crippen molar-refractivity contribution in [1.82, 2.24) is 9.78 Å². The smallest absolute Gasteiger partial charge is 0.0743 e. The SMILES string of the molecule is Cc1cc(-c2ccccc2)n(-c2ccc(CCO)cc2)n1. The minimum atomic E-state index is 0.176. The highest BCUT2D eigenvalue weighted by molar-refractivity contribution is 5.62. The van der Waals surface area contributed by atoms with Gasteiger partial charge in [-0.2, -0.15) is 5.10 Å². The van der Waals surface area contributed by atoms with E-state index in [0.29, 0.717) is 6.42 Å². The zero-order valence-electron chi connectivity index (χ0n) is 12.0. The number of aromatic nitrogens is 2. The number of benzene rings is 2. The molecule has 21 heavy (non-hydrogen) atoms. The van der Waals surface area contributed by atoms with Crippen LogP contribution in [0.25, 0.3) is 16.9 Å². The fraction of sp³-hybridized carbons (Fsp3) is 0.167. The monoisotopic (exact) mass is 278 g/mol. The van der Waals surface area contributed by atoms with Gasteiger partial charge in [0.2, 0.25) is 0 Å². The van der Waals surface area contributed by atoms with Gasteiger partial charge in [-0.15, -0.1) is 0 Å². The minimum absolute atomic E-state index is 0.176. The molecule has 0 spiro atoms. The van der Waals surface area contributed by atoms with Crippen molar-refractivity contribution in [2.45, 2.75) is 13.3 Å². The lowest BCUT2D eigenvalue weighted by Gasteiger charge is -2.08. The van der Waals surface area contributed by atoms with Crippen LogP contribution in [0.2, 0.25) is 0 Å². The summed E-state index contributed by atoms with van der Waals surface area (Å²) in [5, 5.41) is 13.6. The van der Waals surface area contributed by atoms with Crippen molar-refractivity contribution in [3.8, 4) is 16.9 Å². The maximum Gasteiger partial charge on any atom is 0.0743 e. The Morgan fingerprint density at radius 2 is 1.71 bits per heavy atom. The molecule has 3 heteroatoms. The van der Waals surface area contributed by atoms with Crippen LogP contribution in [0.4, 0.5) is 0 Å². The molecule has 3 aromatic rings. The summed E-state index contributed by atoms with van der Waals surface area (Å²) in [4.78, 5) is 0. The van der Waals surface area contributed by atoms with E-state index < -0.39 is 0 Å². The molecule has 1 heterocycles. The summed E-state index contributed by atoms with van der Waals surface area (Å²) >= 11 is 0. The third kappa shape index (κ3) is 2.88. The summed E-state index contributed by atoms with van der Waals surface area (Å²) in [6, 6.07) is 20.5. The molecule has 0 aliphatic heterocycles. The van der Waals surface area contributed by atoms with Gasteiger partial charge in [0.1, 0.15) is 0 Å². The molecule has 1 aromatic heterocycles. The van der Waals surface area contributed by atoms with Crippen LogP contribution in [0, 0.1) is 6.92 Å². The van der Waals surface area contributed by atoms with Crippen LogP contribution in [0.15, 0.2) is 60.7 Å². The average Bonchev–Trinajstić information content (AvgIpc) is 2.91. The summed E-state index contributed by atoms with van der Waals surface area (Å²) in [5.41, 5.74) is 5.39. The third-order valence-electron chi connectivity index (χ3n) is 3.48. The quantitative estimate of drug-likeness (QED) is 0.794. The number of rotatable bonds is 4. The van der Waals surface area contributed by atoms with E-state index in [2.05, 4.69) is 23.3 Å². The van der Waals surface area contributed by atoms with E-state index in [9.17, 15) is 0 Å². The predicted molar refractivity (Wildman–Crippen MR) is 84.5 cm³/mol. The van der Waals surface area contributed by atoms with Crippen molar-refractivity contribution >= 4 is 0 Å². The Hall–Kier alpha value is -2.39. The summed E-state index contributed by atoms with van der Waals surface area (Å²) in [7, 11) is 0. The Balaban J connectivity index is 2.02. The summed E-state index contributed by atoms with van der Waals surface area (Å²) in [6.45, 7) is 2.18. The highest BCUT2D eigenvalue weighted by Gasteiger charge is 2.09. The summed E-state index contributed by atoms with van der Waals surface area (Å²) < 4.78 is 1.97. The second kappa shape index (κ2) is 5.94. The van der Waals surface area contributed by atoms with Gasteiger partial charge in [-0.1, -0.05) is 42.5 Å². The van der Waals surface area contributed by atoms with Gasteiger partial charge < -0.3 is 5.11 Å². The van der Waals surface area contributed by atoms with Crippen molar-refractivity contribution in [3.63, 3.8) is 0 Å². The van der Waals surface area contributed by atoms with Gasteiger partial charge in [0.25, 0.3) is 0 Å². The van der Waals surface area contributed by atoms with Gasteiger partial charge in [-0.3, -0.25) is 0 Å². The molecule has 106 valence electrons. The minimum Gasteiger partial charge on any atom is -0.396 e. The van der Waals surface area contributed by atoms with Crippen molar-refractivity contribution < 1.29 is 5.11 Å². The number of aryl methyl sites for hydroxylation is 1. The molecule has 3 rings (SSSR count). The van der Waals surface area contributed by atoms with Gasteiger partial charge in [0, 0.05) is 12.2 Å². The highest BCUT2D eigenvalue weighted by atomic mass is 16.2. The van der Waals surface area contributed by atoms with Crippen LogP contribution in [0.5, 0.6) is 0 Å². The van der Waals surface area contributed by atoms with Gasteiger partial charge in [-0.25, -0.2) is 4.68 Å². The van der Waals surface area contributed by atoms with E-state index in [1.54, 1.807) is 0 Å². The van der Waals surface area contributed by atoms with Crippen molar-refractivity contribution in [3.05, 3.63) is 71.9 Å². The second-order valence-electron chi connectivity index (χ2n) is 5.09. The first-order chi connectivity index (χ1) is 10.3. The van der Waals surface area contributed by atoms with Gasteiger partial charge in [0.05, 0.1) is 17.1 Å². The highest BCUT2D eigenvalue weighted by Crippen LogP contribution is 2.23. The Labute approximate surface area is 124 Å². The van der Waals surface area contributed by atoms with E-state index in [1.165, 1.54) is 0 Å². The number of aliphatic hydroxyl groups excluding tert-OH is 1. The molecule has 0 aliphatic carbocycles. The molecule has 3 nitrogen and oxygen atoms in total. The molecular weight excluding hydrogens is 260 g/mol. The molecule has 0 atom stereocenters. The predicted octanol–water partition coefficient (Wildman–Crippen LogP) is 3.38. The normalized spacial score (nSPS) is 10.8. The molecule has 0 aliphatic rings. The van der Waals surface area contributed by atoms with Crippen LogP contribution in [-0.4, -0.2) is 21.5 Å². The van der Waals surface area contributed by atoms with E-state index in [1.807, 2.05) is 54.1 Å². The first-order valence-electron chi connectivity index (χ1n) is 7.10. The number of hydrogen-bond donors (Lipinski definition) is 1. The topological polar surface area (TPSA) is 38.0 Å². The first-order valence-corrected chi connectivity index (χ1v) is 7.10. The Morgan fingerprint density at radius 3 is 2.38 bits per heavy atom. The molecular formula is C18H18N2O. The number of aliphatic hydroxyl groups is 1. The van der Waals surface area contributed by atoms with Crippen LogP contribution >= 0.6 is 0 Å². The maximum atomic E-state index is 8.98. The zero-order valence-corrected chi connectivity index (χ0v) is 12.0. The fourth-order valence-electron chi connectivity index (χ4n) is 2.44. The van der Waals surface area contributed by atoms with Gasteiger partial charge in [-0.05, 0) is 37.1 Å². The van der Waals surface area contributed by atoms with E-state index in [4.69, 9.17) is 5.11 Å². The summed E-state index contributed by atoms with van der Waals surface area (Å²) in [5.74, 6) is 0. The molecule has 0 amide bonds. The van der Waals surface area contributed by atoms with E-state index in [0.717, 1.165) is 28.2 Å². The second-order valence-corrected chi connectivity index (χ2v) is 5.09. The molecule has 0 bridgehead atoms. The molecule has 2 aromatic carbocycles. The largest absolute Gasteiger partial charge is 0.396 e. The zero-order chi connectivity index (χ0) is 14.7. The van der Waals surface area contributed by atoms with Gasteiger partial charge in [0.15, 0.2) is 0 Å². The Bertz CT molecular complexity index is 715. The van der Waals surface area contributed by atoms with Crippen molar-refractivity contribution in [2.75, 3.05) is 6.61 Å². The molecule has 0 unspecified atom stereocenters. The average molecular weight is 278 g/mol. The molecule has 0 saturated carbocycles. The third-order valence-corrected chi connectivity index (χ3v) is 3.48. The Morgan fingerprint density at radius 1 is 1.00 bits per heavy atom. The lowest BCUT2D eigenvalue weighted by Crippen LogP contribution is -2.00. The van der Waals surface area contributed by atoms with E-state index >= 15 is 0 Å². The van der Waals surface area contributed by atoms with Gasteiger partial charge >= 0.3 is 0 Å². The van der Waals surface area contributed by atoms with Crippen LogP contribution < -0.4 is 0 Å². The molecule has 0 radical (unpaired) electrons. The number of nitrogens with zero attached hydrogens (tertiary/aromatic N) is 2. The molecule has 0 saturated heterocycles. The fourth-order valence-corrected chi connectivity index (χ4v) is 2.44. The summed E-state index contributed by atoms with van der Waals surface area (Å²) in [6.07, 6.45) is 0.684. The van der Waals surface area contributed by atoms with E-state index in [-0.39, 0.29) is 6.61 Å². The van der Waals surface area contributed by atoms with Crippen LogP contribution in [0.1, 0.15) is 11.3 Å². The van der Waals surface area contributed by atoms with Crippen molar-refractivity contribution in [2.24, 2.45) is 0 Å². The lowest BCUT2D eigenvalue weighted by atomic mass is 10.1. The van der Waals surface area contributed by atoms with Crippen molar-refractivity contribution in [1.29, 1.82) is 0 Å². The van der Waals surface area contributed by atoms with Crippen LogP contribution in [0.3, 0.4) is 0 Å². The first kappa shape index (κ1) is 13.6. The standard InChI is InChI=1S/C18H18N2O/c1-14-13-18(16-5-3-2-4-6-16)20(19-14)17-9-7-15(8-10-17)11-12-21/h2-10,13,21H,11-12H2,1H3. The molecule has 0 fully saturated rings. The van der Waals surface area contributed by atoms with Crippen LogP contribution in [-0.2, 0) is 6.42 Å². The Kier molecular flexibility index (Phi) is 3.84.